The standard InChI is InChI=1S/C17H14N2O3/c1-10-6-7-13(8-11(10)2)16-19-18-15(22-16)12-4-3-5-14(9-12)17(20)21/h3-9H,1-2H3,(H,20,21). The summed E-state index contributed by atoms with van der Waals surface area (Å²) in [7, 11) is 0. The zero-order chi connectivity index (χ0) is 15.7. The SMILES string of the molecule is Cc1ccc(-c2nnc(-c3cccc(C(=O)O)c3)o2)cc1C. The Balaban J connectivity index is 1.98. The molecular weight excluding hydrogens is 280 g/mol. The fourth-order valence-corrected chi connectivity index (χ4v) is 2.12. The molecule has 0 aliphatic heterocycles. The van der Waals surface area contributed by atoms with Gasteiger partial charge in [-0.1, -0.05) is 12.1 Å². The van der Waals surface area contributed by atoms with Crippen molar-refractivity contribution in [3.05, 3.63) is 59.2 Å². The molecule has 3 aromatic rings. The van der Waals surface area contributed by atoms with Gasteiger partial charge in [-0.15, -0.1) is 10.2 Å². The molecule has 2 aromatic carbocycles. The summed E-state index contributed by atoms with van der Waals surface area (Å²) < 4.78 is 5.67. The molecule has 0 spiro atoms. The Morgan fingerprint density at radius 3 is 2.27 bits per heavy atom. The van der Waals surface area contributed by atoms with E-state index in [2.05, 4.69) is 10.2 Å². The zero-order valence-electron chi connectivity index (χ0n) is 12.2. The number of benzene rings is 2. The number of aromatic carboxylic acids is 1. The summed E-state index contributed by atoms with van der Waals surface area (Å²) in [6, 6.07) is 12.3. The second-order valence-electron chi connectivity index (χ2n) is 5.10. The van der Waals surface area contributed by atoms with Gasteiger partial charge in [-0.25, -0.2) is 4.79 Å². The number of aromatic nitrogens is 2. The van der Waals surface area contributed by atoms with Crippen molar-refractivity contribution in [1.29, 1.82) is 0 Å². The summed E-state index contributed by atoms with van der Waals surface area (Å²) >= 11 is 0. The van der Waals surface area contributed by atoms with Crippen molar-refractivity contribution in [3.63, 3.8) is 0 Å². The van der Waals surface area contributed by atoms with Crippen LogP contribution in [0.1, 0.15) is 21.5 Å². The third kappa shape index (κ3) is 2.61. The molecule has 110 valence electrons. The summed E-state index contributed by atoms with van der Waals surface area (Å²) in [5, 5.41) is 17.1. The molecule has 5 nitrogen and oxygen atoms in total. The van der Waals surface area contributed by atoms with Crippen LogP contribution in [-0.4, -0.2) is 21.3 Å². The molecule has 0 saturated heterocycles. The van der Waals surface area contributed by atoms with Gasteiger partial charge in [0.15, 0.2) is 0 Å². The number of rotatable bonds is 3. The topological polar surface area (TPSA) is 76.2 Å². The molecule has 0 fully saturated rings. The van der Waals surface area contributed by atoms with Crippen molar-refractivity contribution >= 4 is 5.97 Å². The first-order valence-electron chi connectivity index (χ1n) is 6.79. The lowest BCUT2D eigenvalue weighted by molar-refractivity contribution is 0.0697. The third-order valence-corrected chi connectivity index (χ3v) is 3.54. The van der Waals surface area contributed by atoms with Crippen LogP contribution in [0.3, 0.4) is 0 Å². The maximum absolute atomic E-state index is 11.0. The summed E-state index contributed by atoms with van der Waals surface area (Å²) in [6.45, 7) is 4.06. The number of hydrogen-bond donors (Lipinski definition) is 1. The van der Waals surface area contributed by atoms with Gasteiger partial charge in [0.1, 0.15) is 0 Å². The van der Waals surface area contributed by atoms with Gasteiger partial charge in [0, 0.05) is 11.1 Å². The van der Waals surface area contributed by atoms with E-state index in [1.807, 2.05) is 32.0 Å². The van der Waals surface area contributed by atoms with Gasteiger partial charge in [-0.3, -0.25) is 0 Å². The average molecular weight is 294 g/mol. The maximum Gasteiger partial charge on any atom is 0.335 e. The highest BCUT2D eigenvalue weighted by Gasteiger charge is 2.12. The quantitative estimate of drug-likeness (QED) is 0.796. The molecule has 0 atom stereocenters. The minimum absolute atomic E-state index is 0.184. The van der Waals surface area contributed by atoms with Crippen LogP contribution in [0.5, 0.6) is 0 Å². The Kier molecular flexibility index (Phi) is 3.47. The summed E-state index contributed by atoms with van der Waals surface area (Å²) in [5.41, 5.74) is 3.95. The van der Waals surface area contributed by atoms with E-state index in [-0.39, 0.29) is 5.56 Å². The van der Waals surface area contributed by atoms with Crippen LogP contribution in [0, 0.1) is 13.8 Å². The van der Waals surface area contributed by atoms with Gasteiger partial charge in [0.2, 0.25) is 11.8 Å². The molecule has 0 amide bonds. The Labute approximate surface area is 127 Å². The van der Waals surface area contributed by atoms with Crippen LogP contribution in [0.25, 0.3) is 22.9 Å². The van der Waals surface area contributed by atoms with Crippen molar-refractivity contribution in [2.24, 2.45) is 0 Å². The second-order valence-corrected chi connectivity index (χ2v) is 5.10. The highest BCUT2D eigenvalue weighted by atomic mass is 16.4. The maximum atomic E-state index is 11.0. The largest absolute Gasteiger partial charge is 0.478 e. The number of hydrogen-bond acceptors (Lipinski definition) is 4. The van der Waals surface area contributed by atoms with Gasteiger partial charge in [-0.05, 0) is 55.3 Å². The average Bonchev–Trinajstić information content (AvgIpc) is 3.00. The number of carboxylic acids is 1. The van der Waals surface area contributed by atoms with E-state index in [1.165, 1.54) is 17.7 Å². The molecule has 0 aliphatic carbocycles. The Hall–Kier alpha value is -2.95. The zero-order valence-corrected chi connectivity index (χ0v) is 12.2. The second kappa shape index (κ2) is 5.44. The summed E-state index contributed by atoms with van der Waals surface area (Å²) in [5.74, 6) is -0.272. The van der Waals surface area contributed by atoms with Crippen LogP contribution in [0.15, 0.2) is 46.9 Å². The highest BCUT2D eigenvalue weighted by Crippen LogP contribution is 2.25. The van der Waals surface area contributed by atoms with E-state index in [1.54, 1.807) is 12.1 Å². The molecular formula is C17H14N2O3. The summed E-state index contributed by atoms with van der Waals surface area (Å²) in [4.78, 5) is 11.0. The van der Waals surface area contributed by atoms with Gasteiger partial charge < -0.3 is 9.52 Å². The molecule has 1 aromatic heterocycles. The molecule has 3 rings (SSSR count). The van der Waals surface area contributed by atoms with Crippen molar-refractivity contribution in [2.45, 2.75) is 13.8 Å². The number of nitrogens with zero attached hydrogens (tertiary/aromatic N) is 2. The molecule has 0 unspecified atom stereocenters. The van der Waals surface area contributed by atoms with E-state index in [0.717, 1.165) is 11.1 Å². The molecule has 1 heterocycles. The van der Waals surface area contributed by atoms with Crippen molar-refractivity contribution in [2.75, 3.05) is 0 Å². The number of carboxylic acid groups (broad SMARTS) is 1. The monoisotopic (exact) mass is 294 g/mol. The van der Waals surface area contributed by atoms with Crippen molar-refractivity contribution in [1.82, 2.24) is 10.2 Å². The van der Waals surface area contributed by atoms with Crippen molar-refractivity contribution < 1.29 is 14.3 Å². The first-order chi connectivity index (χ1) is 10.5. The Morgan fingerprint density at radius 1 is 0.955 bits per heavy atom. The van der Waals surface area contributed by atoms with Crippen molar-refractivity contribution in [3.8, 4) is 22.9 Å². The molecule has 22 heavy (non-hydrogen) atoms. The summed E-state index contributed by atoms with van der Waals surface area (Å²) in [6.07, 6.45) is 0. The molecule has 0 radical (unpaired) electrons. The van der Waals surface area contributed by atoms with Gasteiger partial charge in [-0.2, -0.15) is 0 Å². The number of carbonyl (C=O) groups is 1. The molecule has 1 N–H and O–H groups in total. The van der Waals surface area contributed by atoms with E-state index < -0.39 is 5.97 Å². The van der Waals surface area contributed by atoms with Crippen LogP contribution in [0.4, 0.5) is 0 Å². The van der Waals surface area contributed by atoms with Gasteiger partial charge in [0.25, 0.3) is 0 Å². The van der Waals surface area contributed by atoms with Crippen LogP contribution in [-0.2, 0) is 0 Å². The molecule has 5 heteroatoms. The third-order valence-electron chi connectivity index (χ3n) is 3.54. The lowest BCUT2D eigenvalue weighted by atomic mass is 10.1. The molecule has 0 bridgehead atoms. The predicted molar refractivity (Wildman–Crippen MR) is 81.6 cm³/mol. The smallest absolute Gasteiger partial charge is 0.335 e. The molecule has 0 saturated carbocycles. The van der Waals surface area contributed by atoms with Crippen LogP contribution >= 0.6 is 0 Å². The van der Waals surface area contributed by atoms with Gasteiger partial charge in [0.05, 0.1) is 5.56 Å². The fourth-order valence-electron chi connectivity index (χ4n) is 2.12. The van der Waals surface area contributed by atoms with Crippen LogP contribution in [0.2, 0.25) is 0 Å². The predicted octanol–water partition coefficient (Wildman–Crippen LogP) is 3.72. The van der Waals surface area contributed by atoms with E-state index in [9.17, 15) is 4.79 Å². The lowest BCUT2D eigenvalue weighted by Gasteiger charge is -2.01. The minimum Gasteiger partial charge on any atom is -0.478 e. The number of aryl methyl sites for hydroxylation is 2. The lowest BCUT2D eigenvalue weighted by Crippen LogP contribution is -1.95. The highest BCUT2D eigenvalue weighted by molar-refractivity contribution is 5.88. The van der Waals surface area contributed by atoms with Gasteiger partial charge >= 0.3 is 5.97 Å². The first-order valence-corrected chi connectivity index (χ1v) is 6.79. The van der Waals surface area contributed by atoms with E-state index in [0.29, 0.717) is 17.3 Å². The Bertz CT molecular complexity index is 853. The fraction of sp³-hybridized carbons (Fsp3) is 0.118. The van der Waals surface area contributed by atoms with E-state index in [4.69, 9.17) is 9.52 Å². The van der Waals surface area contributed by atoms with Crippen LogP contribution < -0.4 is 0 Å². The minimum atomic E-state index is -0.990. The normalized spacial score (nSPS) is 10.6. The Morgan fingerprint density at radius 2 is 1.64 bits per heavy atom. The van der Waals surface area contributed by atoms with E-state index >= 15 is 0 Å². The molecule has 0 aliphatic rings. The first kappa shape index (κ1) is 14.0.